The number of benzene rings is 1. The summed E-state index contributed by atoms with van der Waals surface area (Å²) < 4.78 is 13.1. The van der Waals surface area contributed by atoms with Gasteiger partial charge in [0.1, 0.15) is 11.4 Å². The van der Waals surface area contributed by atoms with Gasteiger partial charge in [0, 0.05) is 41.7 Å². The Kier molecular flexibility index (Phi) is 3.66. The summed E-state index contributed by atoms with van der Waals surface area (Å²) in [6, 6.07) is 8.88. The molecule has 4 atom stereocenters. The van der Waals surface area contributed by atoms with Crippen molar-refractivity contribution in [3.05, 3.63) is 46.4 Å². The van der Waals surface area contributed by atoms with Gasteiger partial charge in [0.15, 0.2) is 0 Å². The number of fused-ring (bicyclic) bond motifs is 4. The molecule has 0 saturated carbocycles. The third kappa shape index (κ3) is 2.60. The van der Waals surface area contributed by atoms with Crippen molar-refractivity contribution in [3.63, 3.8) is 0 Å². The van der Waals surface area contributed by atoms with Crippen LogP contribution in [0.1, 0.15) is 43.2 Å². The van der Waals surface area contributed by atoms with Gasteiger partial charge >= 0.3 is 0 Å². The standard InChI is InChI=1S/C20H24N2O2S/c1-20(2)15-9-16-18(7-8-22(16)11-13-10-21-12-25-13)23-19(15)14-5-3-4-6-17(14)24-20/h3-6,10,12,15-16,18-19H,7-9,11H2,1-2H3/t15-,16-,18-,19+/m1/s1. The SMILES string of the molecule is CC1(C)Oc2ccccc2[C@@H]2O[C@@H]3CCN(Cc4cncs4)[C@@H]3C[C@H]21. The van der Waals surface area contributed by atoms with Crippen LogP contribution in [0.5, 0.6) is 5.75 Å². The lowest BCUT2D eigenvalue weighted by Crippen LogP contribution is -2.53. The van der Waals surface area contributed by atoms with Crippen LogP contribution in [0.4, 0.5) is 0 Å². The molecule has 0 radical (unpaired) electrons. The summed E-state index contributed by atoms with van der Waals surface area (Å²) in [6.45, 7) is 6.53. The van der Waals surface area contributed by atoms with Gasteiger partial charge in [-0.2, -0.15) is 0 Å². The summed E-state index contributed by atoms with van der Waals surface area (Å²) in [6.07, 6.45) is 4.74. The molecule has 3 aliphatic rings. The van der Waals surface area contributed by atoms with Crippen LogP contribution < -0.4 is 4.74 Å². The van der Waals surface area contributed by atoms with Crippen molar-refractivity contribution >= 4 is 11.3 Å². The highest BCUT2D eigenvalue weighted by atomic mass is 32.1. The maximum atomic E-state index is 6.69. The van der Waals surface area contributed by atoms with Gasteiger partial charge < -0.3 is 9.47 Å². The Bertz CT molecular complexity index is 761. The van der Waals surface area contributed by atoms with Crippen molar-refractivity contribution in [2.75, 3.05) is 6.54 Å². The van der Waals surface area contributed by atoms with Crippen LogP contribution in [-0.4, -0.2) is 34.2 Å². The predicted octanol–water partition coefficient (Wildman–Crippen LogP) is 4.03. The van der Waals surface area contributed by atoms with Gasteiger partial charge in [-0.25, -0.2) is 0 Å². The smallest absolute Gasteiger partial charge is 0.125 e. The highest BCUT2D eigenvalue weighted by Crippen LogP contribution is 2.52. The number of para-hydroxylation sites is 1. The molecule has 1 aromatic heterocycles. The number of aromatic nitrogens is 1. The summed E-state index contributed by atoms with van der Waals surface area (Å²) in [7, 11) is 0. The van der Waals surface area contributed by atoms with Crippen molar-refractivity contribution in [2.24, 2.45) is 5.92 Å². The third-order valence-electron chi connectivity index (χ3n) is 6.12. The second-order valence-corrected chi connectivity index (χ2v) is 8.95. The van der Waals surface area contributed by atoms with E-state index >= 15 is 0 Å². The molecule has 25 heavy (non-hydrogen) atoms. The summed E-state index contributed by atoms with van der Waals surface area (Å²) in [5, 5.41) is 0. The molecule has 0 amide bonds. The number of likely N-dealkylation sites (tertiary alicyclic amines) is 1. The van der Waals surface area contributed by atoms with Crippen LogP contribution in [-0.2, 0) is 11.3 Å². The average Bonchev–Trinajstić information content (AvgIpc) is 3.24. The van der Waals surface area contributed by atoms with Crippen molar-refractivity contribution in [3.8, 4) is 5.75 Å². The van der Waals surface area contributed by atoms with Crippen LogP contribution in [0.2, 0.25) is 0 Å². The highest BCUT2D eigenvalue weighted by Gasteiger charge is 2.52. The Hall–Kier alpha value is -1.43. The first kappa shape index (κ1) is 15.8. The Morgan fingerprint density at radius 3 is 3.04 bits per heavy atom. The molecule has 2 saturated heterocycles. The quantitative estimate of drug-likeness (QED) is 0.813. The van der Waals surface area contributed by atoms with Gasteiger partial charge in [-0.15, -0.1) is 11.3 Å². The first-order valence-electron chi connectivity index (χ1n) is 9.16. The fourth-order valence-electron chi connectivity index (χ4n) is 4.84. The van der Waals surface area contributed by atoms with E-state index in [9.17, 15) is 0 Å². The van der Waals surface area contributed by atoms with E-state index in [1.807, 2.05) is 17.8 Å². The van der Waals surface area contributed by atoms with Gasteiger partial charge in [0.25, 0.3) is 0 Å². The number of hydrogen-bond acceptors (Lipinski definition) is 5. The van der Waals surface area contributed by atoms with E-state index in [2.05, 4.69) is 41.9 Å². The number of nitrogens with zero attached hydrogens (tertiary/aromatic N) is 2. The molecule has 5 rings (SSSR count). The summed E-state index contributed by atoms with van der Waals surface area (Å²) in [5.41, 5.74) is 2.94. The lowest BCUT2D eigenvalue weighted by atomic mass is 9.74. The zero-order chi connectivity index (χ0) is 17.0. The number of rotatable bonds is 2. The molecule has 0 spiro atoms. The van der Waals surface area contributed by atoms with Crippen molar-refractivity contribution in [1.82, 2.24) is 9.88 Å². The minimum atomic E-state index is -0.206. The Morgan fingerprint density at radius 1 is 1.32 bits per heavy atom. The number of hydrogen-bond donors (Lipinski definition) is 0. The summed E-state index contributed by atoms with van der Waals surface area (Å²) in [5.74, 6) is 1.37. The highest BCUT2D eigenvalue weighted by molar-refractivity contribution is 7.09. The van der Waals surface area contributed by atoms with E-state index in [1.165, 1.54) is 10.4 Å². The van der Waals surface area contributed by atoms with Gasteiger partial charge in [-0.1, -0.05) is 18.2 Å². The van der Waals surface area contributed by atoms with Gasteiger partial charge in [0.05, 0.1) is 17.7 Å². The molecule has 4 heterocycles. The molecule has 2 aromatic rings. The Balaban J connectivity index is 1.43. The van der Waals surface area contributed by atoms with Gasteiger partial charge in [-0.05, 0) is 32.8 Å². The van der Waals surface area contributed by atoms with Crippen LogP contribution in [0.25, 0.3) is 0 Å². The molecule has 0 bridgehead atoms. The van der Waals surface area contributed by atoms with E-state index < -0.39 is 0 Å². The van der Waals surface area contributed by atoms with E-state index in [1.54, 1.807) is 11.3 Å². The summed E-state index contributed by atoms with van der Waals surface area (Å²) in [4.78, 5) is 8.15. The van der Waals surface area contributed by atoms with Gasteiger partial charge in [0.2, 0.25) is 0 Å². The lowest BCUT2D eigenvalue weighted by Gasteiger charge is -2.50. The van der Waals surface area contributed by atoms with Crippen molar-refractivity contribution in [2.45, 2.75) is 57.1 Å². The van der Waals surface area contributed by atoms with Crippen LogP contribution >= 0.6 is 11.3 Å². The zero-order valence-electron chi connectivity index (χ0n) is 14.7. The van der Waals surface area contributed by atoms with Crippen molar-refractivity contribution < 1.29 is 9.47 Å². The molecule has 1 aromatic carbocycles. The summed E-state index contributed by atoms with van der Waals surface area (Å²) >= 11 is 1.74. The maximum Gasteiger partial charge on any atom is 0.125 e. The predicted molar refractivity (Wildman–Crippen MR) is 97.8 cm³/mol. The van der Waals surface area contributed by atoms with Crippen molar-refractivity contribution in [1.29, 1.82) is 0 Å². The minimum Gasteiger partial charge on any atom is -0.487 e. The molecule has 0 aliphatic carbocycles. The Morgan fingerprint density at radius 2 is 2.20 bits per heavy atom. The third-order valence-corrected chi connectivity index (χ3v) is 6.88. The second-order valence-electron chi connectivity index (χ2n) is 7.97. The molecule has 4 nitrogen and oxygen atoms in total. The maximum absolute atomic E-state index is 6.69. The molecule has 0 N–H and O–H groups in total. The molecule has 2 fully saturated rings. The van der Waals surface area contributed by atoms with Crippen LogP contribution in [0.15, 0.2) is 36.0 Å². The van der Waals surface area contributed by atoms with E-state index in [4.69, 9.17) is 9.47 Å². The second kappa shape index (κ2) is 5.79. The first-order chi connectivity index (χ1) is 12.1. The first-order valence-corrected chi connectivity index (χ1v) is 10.0. The topological polar surface area (TPSA) is 34.6 Å². The normalized spacial score (nSPS) is 33.2. The molecule has 5 heteroatoms. The fourth-order valence-corrected chi connectivity index (χ4v) is 5.45. The Labute approximate surface area is 152 Å². The van der Waals surface area contributed by atoms with Crippen LogP contribution in [0, 0.1) is 5.92 Å². The zero-order valence-corrected chi connectivity index (χ0v) is 15.5. The molecule has 3 aliphatic heterocycles. The molecular weight excluding hydrogens is 332 g/mol. The fraction of sp³-hybridized carbons (Fsp3) is 0.550. The van der Waals surface area contributed by atoms with E-state index in [0.29, 0.717) is 18.1 Å². The number of thiazole rings is 1. The largest absolute Gasteiger partial charge is 0.487 e. The monoisotopic (exact) mass is 356 g/mol. The van der Waals surface area contributed by atoms with Crippen LogP contribution in [0.3, 0.4) is 0 Å². The lowest BCUT2D eigenvalue weighted by molar-refractivity contribution is -0.162. The minimum absolute atomic E-state index is 0.157. The molecular formula is C20H24N2O2S. The molecule has 132 valence electrons. The van der Waals surface area contributed by atoms with E-state index in [-0.39, 0.29) is 11.7 Å². The number of ether oxygens (including phenoxy) is 2. The van der Waals surface area contributed by atoms with E-state index in [0.717, 1.165) is 31.7 Å². The van der Waals surface area contributed by atoms with Gasteiger partial charge in [-0.3, -0.25) is 9.88 Å². The average molecular weight is 356 g/mol. The molecule has 0 unspecified atom stereocenters.